The fourth-order valence-corrected chi connectivity index (χ4v) is 1.83. The third-order valence-corrected chi connectivity index (χ3v) is 3.22. The van der Waals surface area contributed by atoms with Gasteiger partial charge >= 0.3 is 0 Å². The minimum atomic E-state index is 0.665. The van der Waals surface area contributed by atoms with Gasteiger partial charge in [-0.1, -0.05) is 35.3 Å². The standard InChI is InChI=1S/C13H12Cl2N2/c1-9-2-3-10(6-12(9)15)7-17-13-8-16-5-4-11(13)14/h2-6,8,17H,7H2,1H3. The van der Waals surface area contributed by atoms with E-state index in [0.29, 0.717) is 11.6 Å². The van der Waals surface area contributed by atoms with Crippen LogP contribution in [0.4, 0.5) is 5.69 Å². The zero-order chi connectivity index (χ0) is 12.3. The maximum Gasteiger partial charge on any atom is 0.0718 e. The van der Waals surface area contributed by atoms with Gasteiger partial charge < -0.3 is 5.32 Å². The Balaban J connectivity index is 2.08. The fraction of sp³-hybridized carbons (Fsp3) is 0.154. The van der Waals surface area contributed by atoms with E-state index >= 15 is 0 Å². The average molecular weight is 267 g/mol. The van der Waals surface area contributed by atoms with Crippen molar-refractivity contribution in [2.45, 2.75) is 13.5 Å². The van der Waals surface area contributed by atoms with E-state index in [9.17, 15) is 0 Å². The number of aromatic nitrogens is 1. The molecule has 0 bridgehead atoms. The Kier molecular flexibility index (Phi) is 3.87. The van der Waals surface area contributed by atoms with Crippen LogP contribution in [0.1, 0.15) is 11.1 Å². The summed E-state index contributed by atoms with van der Waals surface area (Å²) in [6, 6.07) is 7.75. The predicted octanol–water partition coefficient (Wildman–Crippen LogP) is 4.31. The van der Waals surface area contributed by atoms with E-state index in [4.69, 9.17) is 23.2 Å². The third-order valence-electron chi connectivity index (χ3n) is 2.49. The van der Waals surface area contributed by atoms with Gasteiger partial charge in [0.25, 0.3) is 0 Å². The lowest BCUT2D eigenvalue weighted by Crippen LogP contribution is -2.00. The molecule has 0 saturated heterocycles. The highest BCUT2D eigenvalue weighted by molar-refractivity contribution is 6.33. The zero-order valence-corrected chi connectivity index (χ0v) is 10.9. The first kappa shape index (κ1) is 12.2. The smallest absolute Gasteiger partial charge is 0.0718 e. The van der Waals surface area contributed by atoms with Crippen molar-refractivity contribution in [2.24, 2.45) is 0 Å². The van der Waals surface area contributed by atoms with Crippen molar-refractivity contribution in [3.8, 4) is 0 Å². The van der Waals surface area contributed by atoms with Gasteiger partial charge in [0.15, 0.2) is 0 Å². The molecular formula is C13H12Cl2N2. The molecule has 2 nitrogen and oxygen atoms in total. The number of nitrogens with zero attached hydrogens (tertiary/aromatic N) is 1. The summed E-state index contributed by atoms with van der Waals surface area (Å²) >= 11 is 12.1. The maximum atomic E-state index is 6.06. The number of hydrogen-bond donors (Lipinski definition) is 1. The summed E-state index contributed by atoms with van der Waals surface area (Å²) in [6.45, 7) is 2.66. The lowest BCUT2D eigenvalue weighted by atomic mass is 10.1. The number of hydrogen-bond acceptors (Lipinski definition) is 2. The number of halogens is 2. The van der Waals surface area contributed by atoms with E-state index in [1.54, 1.807) is 18.5 Å². The van der Waals surface area contributed by atoms with Crippen LogP contribution in [0.25, 0.3) is 0 Å². The van der Waals surface area contributed by atoms with Crippen LogP contribution in [0, 0.1) is 6.92 Å². The van der Waals surface area contributed by atoms with E-state index < -0.39 is 0 Å². The molecule has 1 N–H and O–H groups in total. The molecule has 4 heteroatoms. The zero-order valence-electron chi connectivity index (χ0n) is 9.37. The average Bonchev–Trinajstić information content (AvgIpc) is 2.32. The van der Waals surface area contributed by atoms with Gasteiger partial charge in [-0.25, -0.2) is 0 Å². The van der Waals surface area contributed by atoms with Crippen LogP contribution >= 0.6 is 23.2 Å². The molecule has 0 unspecified atom stereocenters. The molecule has 0 aliphatic heterocycles. The van der Waals surface area contributed by atoms with Crippen molar-refractivity contribution >= 4 is 28.9 Å². The van der Waals surface area contributed by atoms with Gasteiger partial charge in [0.2, 0.25) is 0 Å². The normalized spacial score (nSPS) is 10.3. The minimum Gasteiger partial charge on any atom is -0.379 e. The van der Waals surface area contributed by atoms with Crippen molar-refractivity contribution in [1.82, 2.24) is 4.98 Å². The first-order chi connectivity index (χ1) is 8.16. The minimum absolute atomic E-state index is 0.665. The molecule has 0 saturated carbocycles. The van der Waals surface area contributed by atoms with Gasteiger partial charge in [0, 0.05) is 17.8 Å². The van der Waals surface area contributed by atoms with Crippen LogP contribution < -0.4 is 5.32 Å². The molecule has 0 atom stereocenters. The molecule has 0 aliphatic carbocycles. The Morgan fingerprint density at radius 2 is 2.00 bits per heavy atom. The Bertz CT molecular complexity index is 527. The molecule has 0 amide bonds. The van der Waals surface area contributed by atoms with Crippen molar-refractivity contribution in [1.29, 1.82) is 0 Å². The largest absolute Gasteiger partial charge is 0.379 e. The van der Waals surface area contributed by atoms with Crippen LogP contribution in [0.15, 0.2) is 36.7 Å². The monoisotopic (exact) mass is 266 g/mol. The Labute approximate surface area is 111 Å². The lowest BCUT2D eigenvalue weighted by Gasteiger charge is -2.08. The second kappa shape index (κ2) is 5.39. The maximum absolute atomic E-state index is 6.06. The number of aryl methyl sites for hydroxylation is 1. The summed E-state index contributed by atoms with van der Waals surface area (Å²) in [5.41, 5.74) is 3.02. The summed E-state index contributed by atoms with van der Waals surface area (Å²) < 4.78 is 0. The predicted molar refractivity (Wildman–Crippen MR) is 72.8 cm³/mol. The van der Waals surface area contributed by atoms with Gasteiger partial charge in [-0.3, -0.25) is 4.98 Å². The summed E-state index contributed by atoms with van der Waals surface area (Å²) in [4.78, 5) is 4.02. The van der Waals surface area contributed by atoms with Crippen LogP contribution in [0.5, 0.6) is 0 Å². The molecule has 1 aromatic carbocycles. The molecular weight excluding hydrogens is 255 g/mol. The summed E-state index contributed by atoms with van der Waals surface area (Å²) in [5.74, 6) is 0. The second-order valence-corrected chi connectivity index (χ2v) is 4.61. The third kappa shape index (κ3) is 3.11. The highest BCUT2D eigenvalue weighted by Crippen LogP contribution is 2.21. The highest BCUT2D eigenvalue weighted by atomic mass is 35.5. The molecule has 0 fully saturated rings. The van der Waals surface area contributed by atoms with Gasteiger partial charge in [0.05, 0.1) is 16.9 Å². The van der Waals surface area contributed by atoms with Gasteiger partial charge in [0.1, 0.15) is 0 Å². The number of rotatable bonds is 3. The summed E-state index contributed by atoms with van der Waals surface area (Å²) in [6.07, 6.45) is 3.37. The van der Waals surface area contributed by atoms with Gasteiger partial charge in [-0.15, -0.1) is 0 Å². The molecule has 2 aromatic rings. The molecule has 1 heterocycles. The molecule has 0 radical (unpaired) electrons. The second-order valence-electron chi connectivity index (χ2n) is 3.79. The SMILES string of the molecule is Cc1ccc(CNc2cnccc2Cl)cc1Cl. The highest BCUT2D eigenvalue weighted by Gasteiger charge is 2.01. The van der Waals surface area contributed by atoms with Gasteiger partial charge in [-0.2, -0.15) is 0 Å². The van der Waals surface area contributed by atoms with Crippen LogP contribution in [-0.4, -0.2) is 4.98 Å². The van der Waals surface area contributed by atoms with E-state index in [1.807, 2.05) is 25.1 Å². The number of pyridine rings is 1. The Morgan fingerprint density at radius 3 is 2.71 bits per heavy atom. The number of anilines is 1. The first-order valence-electron chi connectivity index (χ1n) is 5.25. The Morgan fingerprint density at radius 1 is 1.18 bits per heavy atom. The number of benzene rings is 1. The van der Waals surface area contributed by atoms with Crippen molar-refractivity contribution in [2.75, 3.05) is 5.32 Å². The lowest BCUT2D eigenvalue weighted by molar-refractivity contribution is 1.13. The summed E-state index contributed by atoms with van der Waals surface area (Å²) in [7, 11) is 0. The molecule has 17 heavy (non-hydrogen) atoms. The Hall–Kier alpha value is -1.25. The van der Waals surface area contributed by atoms with Crippen LogP contribution in [0.3, 0.4) is 0 Å². The summed E-state index contributed by atoms with van der Waals surface area (Å²) in [5, 5.41) is 4.67. The van der Waals surface area contributed by atoms with E-state index in [-0.39, 0.29) is 0 Å². The molecule has 2 rings (SSSR count). The molecule has 1 aromatic heterocycles. The molecule has 88 valence electrons. The van der Waals surface area contributed by atoms with E-state index in [2.05, 4.69) is 10.3 Å². The van der Waals surface area contributed by atoms with Crippen LogP contribution in [-0.2, 0) is 6.54 Å². The van der Waals surface area contributed by atoms with Gasteiger partial charge in [-0.05, 0) is 30.2 Å². The van der Waals surface area contributed by atoms with Crippen molar-refractivity contribution < 1.29 is 0 Å². The quantitative estimate of drug-likeness (QED) is 0.896. The van der Waals surface area contributed by atoms with Crippen molar-refractivity contribution in [3.05, 3.63) is 57.8 Å². The molecule has 0 aliphatic rings. The molecule has 0 spiro atoms. The van der Waals surface area contributed by atoms with Crippen molar-refractivity contribution in [3.63, 3.8) is 0 Å². The fourth-order valence-electron chi connectivity index (χ4n) is 1.45. The van der Waals surface area contributed by atoms with Crippen LogP contribution in [0.2, 0.25) is 10.0 Å². The first-order valence-corrected chi connectivity index (χ1v) is 6.01. The topological polar surface area (TPSA) is 24.9 Å². The van der Waals surface area contributed by atoms with E-state index in [1.165, 1.54) is 0 Å². The van der Waals surface area contributed by atoms with E-state index in [0.717, 1.165) is 21.8 Å². The number of nitrogens with one attached hydrogen (secondary N) is 1.